The summed E-state index contributed by atoms with van der Waals surface area (Å²) in [4.78, 5) is 0. The first-order valence-electron chi connectivity index (χ1n) is 4.01. The van der Waals surface area contributed by atoms with Crippen molar-refractivity contribution in [2.24, 2.45) is 0 Å². The zero-order valence-corrected chi connectivity index (χ0v) is 7.38. The van der Waals surface area contributed by atoms with Gasteiger partial charge in [0.25, 0.3) is 0 Å². The van der Waals surface area contributed by atoms with Gasteiger partial charge < -0.3 is 5.73 Å². The zero-order chi connectivity index (χ0) is 9.26. The number of nitrogens with two attached hydrogens (primary N) is 1. The molecule has 5 heteroatoms. The van der Waals surface area contributed by atoms with E-state index in [-0.39, 0.29) is 0 Å². The summed E-state index contributed by atoms with van der Waals surface area (Å²) >= 11 is 0. The van der Waals surface area contributed by atoms with Crippen molar-refractivity contribution in [1.82, 2.24) is 19.6 Å². The maximum Gasteiger partial charge on any atom is 0.133 e. The van der Waals surface area contributed by atoms with Crippen LogP contribution in [0.1, 0.15) is 5.56 Å². The van der Waals surface area contributed by atoms with Crippen molar-refractivity contribution >= 4 is 5.69 Å². The van der Waals surface area contributed by atoms with Crippen LogP contribution in [0.2, 0.25) is 0 Å². The van der Waals surface area contributed by atoms with E-state index in [4.69, 9.17) is 5.73 Å². The third kappa shape index (κ3) is 1.69. The van der Waals surface area contributed by atoms with Gasteiger partial charge in [-0.1, -0.05) is 0 Å². The summed E-state index contributed by atoms with van der Waals surface area (Å²) in [6, 6.07) is 0. The molecular weight excluding hydrogens is 166 g/mol. The largest absolute Gasteiger partial charge is 0.396 e. The normalized spacial score (nSPS) is 10.5. The minimum atomic E-state index is 0.602. The maximum absolute atomic E-state index is 5.52. The second kappa shape index (κ2) is 2.93. The second-order valence-corrected chi connectivity index (χ2v) is 3.01. The Labute approximate surface area is 75.8 Å². The van der Waals surface area contributed by atoms with Crippen LogP contribution < -0.4 is 5.73 Å². The van der Waals surface area contributed by atoms with Crippen LogP contribution in [0.4, 0.5) is 5.69 Å². The summed E-state index contributed by atoms with van der Waals surface area (Å²) in [5.74, 6) is 0. The van der Waals surface area contributed by atoms with Crippen molar-refractivity contribution in [2.75, 3.05) is 5.73 Å². The number of aromatic nitrogens is 4. The molecule has 0 aromatic carbocycles. The molecule has 0 saturated carbocycles. The highest BCUT2D eigenvalue weighted by Crippen LogP contribution is 1.99. The fourth-order valence-electron chi connectivity index (χ4n) is 1.15. The predicted molar refractivity (Wildman–Crippen MR) is 49.0 cm³/mol. The molecule has 0 aliphatic carbocycles. The fraction of sp³-hybridized carbons (Fsp3) is 0.250. The highest BCUT2D eigenvalue weighted by atomic mass is 15.4. The van der Waals surface area contributed by atoms with Crippen molar-refractivity contribution in [3.63, 3.8) is 0 Å². The summed E-state index contributed by atoms with van der Waals surface area (Å²) in [6.07, 6.45) is 7.16. The Balaban J connectivity index is 2.14. The molecule has 2 N–H and O–H groups in total. The monoisotopic (exact) mass is 177 g/mol. The van der Waals surface area contributed by atoms with Gasteiger partial charge in [0.2, 0.25) is 0 Å². The molecule has 2 aromatic rings. The van der Waals surface area contributed by atoms with Gasteiger partial charge in [-0.05, 0) is 12.5 Å². The average molecular weight is 177 g/mol. The number of aryl methyl sites for hydroxylation is 1. The second-order valence-electron chi connectivity index (χ2n) is 3.01. The molecule has 5 nitrogen and oxygen atoms in total. The van der Waals surface area contributed by atoms with Gasteiger partial charge in [-0.25, -0.2) is 4.68 Å². The van der Waals surface area contributed by atoms with Gasteiger partial charge in [-0.2, -0.15) is 10.2 Å². The van der Waals surface area contributed by atoms with E-state index in [0.29, 0.717) is 12.4 Å². The Morgan fingerprint density at radius 3 is 2.46 bits per heavy atom. The molecule has 68 valence electrons. The van der Waals surface area contributed by atoms with Crippen LogP contribution in [-0.2, 0) is 6.67 Å². The Bertz CT molecular complexity index is 362. The number of rotatable bonds is 2. The Morgan fingerprint density at radius 1 is 1.23 bits per heavy atom. The van der Waals surface area contributed by atoms with Gasteiger partial charge in [0.1, 0.15) is 6.67 Å². The number of nitrogen functional groups attached to an aromatic ring is 1. The highest BCUT2D eigenvalue weighted by molar-refractivity contribution is 5.30. The van der Waals surface area contributed by atoms with Crippen molar-refractivity contribution in [2.45, 2.75) is 13.6 Å². The van der Waals surface area contributed by atoms with Crippen LogP contribution in [0.3, 0.4) is 0 Å². The van der Waals surface area contributed by atoms with Gasteiger partial charge in [0.05, 0.1) is 24.3 Å². The smallest absolute Gasteiger partial charge is 0.133 e. The summed E-state index contributed by atoms with van der Waals surface area (Å²) in [5.41, 5.74) is 7.33. The van der Waals surface area contributed by atoms with Crippen LogP contribution in [0.5, 0.6) is 0 Å². The van der Waals surface area contributed by atoms with E-state index in [2.05, 4.69) is 10.2 Å². The highest BCUT2D eigenvalue weighted by Gasteiger charge is 1.96. The molecule has 0 aliphatic heterocycles. The minimum absolute atomic E-state index is 0.602. The lowest BCUT2D eigenvalue weighted by Crippen LogP contribution is -2.08. The zero-order valence-electron chi connectivity index (χ0n) is 7.38. The molecule has 0 aliphatic rings. The Hall–Kier alpha value is -1.78. The van der Waals surface area contributed by atoms with E-state index < -0.39 is 0 Å². The molecule has 0 saturated heterocycles. The van der Waals surface area contributed by atoms with Gasteiger partial charge >= 0.3 is 0 Å². The lowest BCUT2D eigenvalue weighted by Gasteiger charge is -1.99. The van der Waals surface area contributed by atoms with Crippen LogP contribution in [0.15, 0.2) is 24.8 Å². The third-order valence-corrected chi connectivity index (χ3v) is 1.71. The molecular formula is C8H11N5. The summed E-state index contributed by atoms with van der Waals surface area (Å²) in [5, 5.41) is 8.19. The first-order chi connectivity index (χ1) is 6.24. The first-order valence-corrected chi connectivity index (χ1v) is 4.01. The van der Waals surface area contributed by atoms with Crippen molar-refractivity contribution < 1.29 is 0 Å². The lowest BCUT2D eigenvalue weighted by molar-refractivity contribution is 0.503. The maximum atomic E-state index is 5.52. The Kier molecular flexibility index (Phi) is 1.77. The van der Waals surface area contributed by atoms with Crippen molar-refractivity contribution in [3.8, 4) is 0 Å². The molecule has 0 atom stereocenters. The molecule has 0 bridgehead atoms. The average Bonchev–Trinajstić information content (AvgIpc) is 2.62. The van der Waals surface area contributed by atoms with Crippen LogP contribution >= 0.6 is 0 Å². The van der Waals surface area contributed by atoms with Crippen LogP contribution in [-0.4, -0.2) is 19.6 Å². The van der Waals surface area contributed by atoms with E-state index >= 15 is 0 Å². The molecule has 0 spiro atoms. The first kappa shape index (κ1) is 7.85. The van der Waals surface area contributed by atoms with Crippen LogP contribution in [0.25, 0.3) is 0 Å². The van der Waals surface area contributed by atoms with Gasteiger partial charge in [-0.15, -0.1) is 0 Å². The van der Waals surface area contributed by atoms with Gasteiger partial charge in [0.15, 0.2) is 0 Å². The number of hydrogen-bond acceptors (Lipinski definition) is 3. The molecule has 2 heterocycles. The van der Waals surface area contributed by atoms with E-state index in [9.17, 15) is 0 Å². The summed E-state index contributed by atoms with van der Waals surface area (Å²) < 4.78 is 3.55. The van der Waals surface area contributed by atoms with E-state index in [1.165, 1.54) is 0 Å². The van der Waals surface area contributed by atoms with Crippen molar-refractivity contribution in [1.29, 1.82) is 0 Å². The third-order valence-electron chi connectivity index (χ3n) is 1.71. The molecule has 0 amide bonds. The quantitative estimate of drug-likeness (QED) is 0.725. The molecule has 2 rings (SSSR count). The van der Waals surface area contributed by atoms with E-state index in [1.807, 2.05) is 24.0 Å². The predicted octanol–water partition coefficient (Wildman–Crippen LogP) is 0.476. The fourth-order valence-corrected chi connectivity index (χ4v) is 1.15. The van der Waals surface area contributed by atoms with Gasteiger partial charge in [-0.3, -0.25) is 4.68 Å². The standard InChI is InChI=1S/C8H11N5/c1-7-2-10-12(4-7)6-13-5-8(9)3-11-13/h2-5H,6,9H2,1H3. The molecule has 0 unspecified atom stereocenters. The van der Waals surface area contributed by atoms with Crippen LogP contribution in [0, 0.1) is 6.92 Å². The lowest BCUT2D eigenvalue weighted by atomic mass is 10.4. The summed E-state index contributed by atoms with van der Waals surface area (Å²) in [7, 11) is 0. The number of anilines is 1. The molecule has 13 heavy (non-hydrogen) atoms. The molecule has 0 radical (unpaired) electrons. The topological polar surface area (TPSA) is 61.7 Å². The summed E-state index contributed by atoms with van der Waals surface area (Å²) in [6.45, 7) is 2.60. The number of hydrogen-bond donors (Lipinski definition) is 1. The van der Waals surface area contributed by atoms with Crippen molar-refractivity contribution in [3.05, 3.63) is 30.4 Å². The SMILES string of the molecule is Cc1cnn(Cn2cc(N)cn2)c1. The van der Waals surface area contributed by atoms with E-state index in [0.717, 1.165) is 5.56 Å². The van der Waals surface area contributed by atoms with Gasteiger partial charge in [0, 0.05) is 6.20 Å². The van der Waals surface area contributed by atoms with E-state index in [1.54, 1.807) is 17.1 Å². The molecule has 2 aromatic heterocycles. The number of nitrogens with zero attached hydrogens (tertiary/aromatic N) is 4. The Morgan fingerprint density at radius 2 is 1.92 bits per heavy atom. The molecule has 0 fully saturated rings. The minimum Gasteiger partial charge on any atom is -0.396 e.